The molecule has 0 saturated heterocycles. The monoisotopic (exact) mass is 134 g/mol. The SMILES string of the molecule is C=C1C=C(C)CCC=C1C. The Labute approximate surface area is 62.9 Å². The average Bonchev–Trinajstić information content (AvgIpc) is 1.96. The molecule has 0 amide bonds. The Kier molecular flexibility index (Phi) is 2.10. The van der Waals surface area contributed by atoms with Crippen LogP contribution in [0.15, 0.2) is 35.5 Å². The van der Waals surface area contributed by atoms with Gasteiger partial charge in [-0.2, -0.15) is 0 Å². The Morgan fingerprint density at radius 1 is 1.40 bits per heavy atom. The predicted molar refractivity (Wildman–Crippen MR) is 45.9 cm³/mol. The molecule has 0 atom stereocenters. The molecule has 0 heteroatoms. The normalized spacial score (nSPS) is 19.6. The van der Waals surface area contributed by atoms with Crippen LogP contribution in [0, 0.1) is 0 Å². The smallest absolute Gasteiger partial charge is 0.0285 e. The Hall–Kier alpha value is -0.780. The van der Waals surface area contributed by atoms with Crippen LogP contribution in [0.3, 0.4) is 0 Å². The first-order valence-corrected chi connectivity index (χ1v) is 3.73. The van der Waals surface area contributed by atoms with Gasteiger partial charge >= 0.3 is 0 Å². The fraction of sp³-hybridized carbons (Fsp3) is 0.400. The molecule has 0 saturated carbocycles. The lowest BCUT2D eigenvalue weighted by Crippen LogP contribution is -1.75. The fourth-order valence-electron chi connectivity index (χ4n) is 1.13. The number of hydrogen-bond acceptors (Lipinski definition) is 0. The molecule has 54 valence electrons. The molecule has 1 rings (SSSR count). The third kappa shape index (κ3) is 1.60. The van der Waals surface area contributed by atoms with Crippen molar-refractivity contribution in [2.24, 2.45) is 0 Å². The van der Waals surface area contributed by atoms with E-state index in [4.69, 9.17) is 0 Å². The summed E-state index contributed by atoms with van der Waals surface area (Å²) in [4.78, 5) is 0. The summed E-state index contributed by atoms with van der Waals surface area (Å²) in [6.07, 6.45) is 6.80. The molecule has 0 N–H and O–H groups in total. The summed E-state index contributed by atoms with van der Waals surface area (Å²) in [5.74, 6) is 0. The van der Waals surface area contributed by atoms with Crippen molar-refractivity contribution in [1.29, 1.82) is 0 Å². The number of hydrogen-bond donors (Lipinski definition) is 0. The van der Waals surface area contributed by atoms with Crippen molar-refractivity contribution < 1.29 is 0 Å². The van der Waals surface area contributed by atoms with Crippen LogP contribution in [0.4, 0.5) is 0 Å². The van der Waals surface area contributed by atoms with E-state index in [-0.39, 0.29) is 0 Å². The zero-order valence-electron chi connectivity index (χ0n) is 6.78. The van der Waals surface area contributed by atoms with Crippen molar-refractivity contribution in [3.63, 3.8) is 0 Å². The van der Waals surface area contributed by atoms with Gasteiger partial charge in [0.2, 0.25) is 0 Å². The highest BCUT2D eigenvalue weighted by Gasteiger charge is 1.99. The first-order valence-electron chi connectivity index (χ1n) is 3.73. The summed E-state index contributed by atoms with van der Waals surface area (Å²) >= 11 is 0. The van der Waals surface area contributed by atoms with E-state index in [9.17, 15) is 0 Å². The van der Waals surface area contributed by atoms with Gasteiger partial charge in [-0.25, -0.2) is 0 Å². The van der Waals surface area contributed by atoms with Crippen LogP contribution < -0.4 is 0 Å². The van der Waals surface area contributed by atoms with Crippen molar-refractivity contribution in [3.05, 3.63) is 35.5 Å². The molecule has 1 aliphatic carbocycles. The van der Waals surface area contributed by atoms with E-state index >= 15 is 0 Å². The molecule has 1 aliphatic rings. The van der Waals surface area contributed by atoms with Crippen LogP contribution in [-0.2, 0) is 0 Å². The minimum Gasteiger partial charge on any atom is -0.0915 e. The molecular formula is C10H14. The second kappa shape index (κ2) is 2.87. The summed E-state index contributed by atoms with van der Waals surface area (Å²) in [7, 11) is 0. The molecule has 0 nitrogen and oxygen atoms in total. The summed E-state index contributed by atoms with van der Waals surface area (Å²) in [5.41, 5.74) is 3.95. The molecule has 0 radical (unpaired) electrons. The van der Waals surface area contributed by atoms with Crippen LogP contribution in [-0.4, -0.2) is 0 Å². The summed E-state index contributed by atoms with van der Waals surface area (Å²) in [5, 5.41) is 0. The minimum absolute atomic E-state index is 1.17. The Morgan fingerprint density at radius 3 is 2.80 bits per heavy atom. The van der Waals surface area contributed by atoms with Crippen LogP contribution in [0.5, 0.6) is 0 Å². The molecule has 10 heavy (non-hydrogen) atoms. The Morgan fingerprint density at radius 2 is 2.10 bits per heavy atom. The lowest BCUT2D eigenvalue weighted by molar-refractivity contribution is 0.982. The van der Waals surface area contributed by atoms with E-state index in [1.54, 1.807) is 0 Å². The summed E-state index contributed by atoms with van der Waals surface area (Å²) in [6, 6.07) is 0. The predicted octanol–water partition coefficient (Wildman–Crippen LogP) is 3.23. The number of allylic oxidation sites excluding steroid dienone is 5. The quantitative estimate of drug-likeness (QED) is 0.477. The van der Waals surface area contributed by atoms with Gasteiger partial charge in [-0.05, 0) is 37.8 Å². The van der Waals surface area contributed by atoms with Gasteiger partial charge in [-0.3, -0.25) is 0 Å². The van der Waals surface area contributed by atoms with Gasteiger partial charge < -0.3 is 0 Å². The third-order valence-corrected chi connectivity index (χ3v) is 1.92. The van der Waals surface area contributed by atoms with E-state index < -0.39 is 0 Å². The summed E-state index contributed by atoms with van der Waals surface area (Å²) < 4.78 is 0. The molecule has 0 aromatic carbocycles. The molecule has 0 fully saturated rings. The van der Waals surface area contributed by atoms with Crippen LogP contribution in [0.2, 0.25) is 0 Å². The first-order chi connectivity index (χ1) is 4.70. The van der Waals surface area contributed by atoms with Gasteiger partial charge in [-0.15, -0.1) is 0 Å². The van der Waals surface area contributed by atoms with Gasteiger partial charge in [0, 0.05) is 0 Å². The lowest BCUT2D eigenvalue weighted by Gasteiger charge is -1.96. The third-order valence-electron chi connectivity index (χ3n) is 1.92. The van der Waals surface area contributed by atoms with Crippen molar-refractivity contribution in [2.75, 3.05) is 0 Å². The van der Waals surface area contributed by atoms with E-state index in [2.05, 4.69) is 32.6 Å². The van der Waals surface area contributed by atoms with E-state index in [1.807, 2.05) is 0 Å². The maximum absolute atomic E-state index is 3.96. The molecule has 0 aromatic rings. The van der Waals surface area contributed by atoms with Crippen molar-refractivity contribution in [1.82, 2.24) is 0 Å². The standard InChI is InChI=1S/C10H14/c1-8-5-4-6-9(2)10(3)7-8/h6-7H,3-5H2,1-2H3. The van der Waals surface area contributed by atoms with Gasteiger partial charge in [0.1, 0.15) is 0 Å². The Bertz CT molecular complexity index is 204. The molecule has 0 aliphatic heterocycles. The van der Waals surface area contributed by atoms with Gasteiger partial charge in [0.25, 0.3) is 0 Å². The van der Waals surface area contributed by atoms with Crippen LogP contribution in [0.1, 0.15) is 26.7 Å². The van der Waals surface area contributed by atoms with Crippen LogP contribution >= 0.6 is 0 Å². The van der Waals surface area contributed by atoms with Crippen LogP contribution in [0.25, 0.3) is 0 Å². The zero-order chi connectivity index (χ0) is 7.56. The van der Waals surface area contributed by atoms with E-state index in [0.29, 0.717) is 0 Å². The van der Waals surface area contributed by atoms with Gasteiger partial charge in [0.05, 0.1) is 0 Å². The van der Waals surface area contributed by atoms with Crippen molar-refractivity contribution in [3.8, 4) is 0 Å². The highest BCUT2D eigenvalue weighted by atomic mass is 14.0. The fourth-order valence-corrected chi connectivity index (χ4v) is 1.13. The maximum Gasteiger partial charge on any atom is -0.0285 e. The molecule has 0 spiro atoms. The molecule has 0 heterocycles. The van der Waals surface area contributed by atoms with Gasteiger partial charge in [0.15, 0.2) is 0 Å². The van der Waals surface area contributed by atoms with E-state index in [0.717, 1.165) is 0 Å². The first kappa shape index (κ1) is 7.33. The maximum atomic E-state index is 3.96. The average molecular weight is 134 g/mol. The number of rotatable bonds is 0. The zero-order valence-corrected chi connectivity index (χ0v) is 6.78. The second-order valence-corrected chi connectivity index (χ2v) is 2.94. The van der Waals surface area contributed by atoms with Crippen molar-refractivity contribution >= 4 is 0 Å². The minimum atomic E-state index is 1.17. The molecular weight excluding hydrogens is 120 g/mol. The largest absolute Gasteiger partial charge is 0.0915 e. The Balaban J connectivity index is 2.85. The molecule has 0 aromatic heterocycles. The molecule has 0 bridgehead atoms. The lowest BCUT2D eigenvalue weighted by atomic mass is 10.1. The topological polar surface area (TPSA) is 0 Å². The van der Waals surface area contributed by atoms with E-state index in [1.165, 1.54) is 29.6 Å². The van der Waals surface area contributed by atoms with Crippen molar-refractivity contribution in [2.45, 2.75) is 26.7 Å². The van der Waals surface area contributed by atoms with Gasteiger partial charge in [-0.1, -0.05) is 24.3 Å². The molecule has 0 unspecified atom stereocenters. The second-order valence-electron chi connectivity index (χ2n) is 2.94. The summed E-state index contributed by atoms with van der Waals surface area (Å²) in [6.45, 7) is 8.25. The highest BCUT2D eigenvalue weighted by Crippen LogP contribution is 2.19. The highest BCUT2D eigenvalue weighted by molar-refractivity contribution is 5.39.